The van der Waals surface area contributed by atoms with Crippen molar-refractivity contribution < 1.29 is 9.53 Å². The third-order valence-electron chi connectivity index (χ3n) is 3.87. The molecule has 0 spiro atoms. The van der Waals surface area contributed by atoms with Gasteiger partial charge in [-0.1, -0.05) is 6.08 Å². The van der Waals surface area contributed by atoms with Gasteiger partial charge >= 0.3 is 0 Å². The summed E-state index contributed by atoms with van der Waals surface area (Å²) in [6.45, 7) is 7.75. The highest BCUT2D eigenvalue weighted by atomic mass is 16.5. The highest BCUT2D eigenvalue weighted by molar-refractivity contribution is 5.95. The van der Waals surface area contributed by atoms with E-state index in [1.165, 1.54) is 0 Å². The lowest BCUT2D eigenvalue weighted by Gasteiger charge is -2.28. The molecule has 106 valence electrons. The van der Waals surface area contributed by atoms with Gasteiger partial charge in [0, 0.05) is 32.0 Å². The second-order valence-corrected chi connectivity index (χ2v) is 5.18. The molecular weight excluding hydrogens is 254 g/mol. The predicted octanol–water partition coefficient (Wildman–Crippen LogP) is 1.46. The van der Waals surface area contributed by atoms with E-state index in [4.69, 9.17) is 4.74 Å². The summed E-state index contributed by atoms with van der Waals surface area (Å²) in [5.74, 6) is 1.10. The van der Waals surface area contributed by atoms with Gasteiger partial charge < -0.3 is 9.64 Å². The minimum atomic E-state index is 0.126. The van der Waals surface area contributed by atoms with Gasteiger partial charge in [-0.3, -0.25) is 9.69 Å². The number of pyridine rings is 1. The van der Waals surface area contributed by atoms with Crippen LogP contribution >= 0.6 is 0 Å². The van der Waals surface area contributed by atoms with Crippen molar-refractivity contribution in [3.63, 3.8) is 0 Å². The number of morpholine rings is 1. The quantitative estimate of drug-likeness (QED) is 0.782. The van der Waals surface area contributed by atoms with Crippen LogP contribution in [0.1, 0.15) is 6.42 Å². The maximum atomic E-state index is 11.9. The summed E-state index contributed by atoms with van der Waals surface area (Å²) in [5, 5.41) is 0. The average Bonchev–Trinajstić information content (AvgIpc) is 2.89. The maximum absolute atomic E-state index is 11.9. The Labute approximate surface area is 118 Å². The molecule has 1 unspecified atom stereocenters. The molecule has 5 nitrogen and oxygen atoms in total. The second kappa shape index (κ2) is 5.63. The zero-order chi connectivity index (χ0) is 13.9. The van der Waals surface area contributed by atoms with Crippen molar-refractivity contribution in [3.8, 4) is 0 Å². The molecule has 5 heteroatoms. The Bertz CT molecular complexity index is 494. The molecule has 3 heterocycles. The van der Waals surface area contributed by atoms with E-state index >= 15 is 0 Å². The zero-order valence-corrected chi connectivity index (χ0v) is 11.5. The lowest BCUT2D eigenvalue weighted by Crippen LogP contribution is -2.36. The molecule has 0 aliphatic carbocycles. The van der Waals surface area contributed by atoms with E-state index in [2.05, 4.69) is 16.5 Å². The molecule has 2 aliphatic heterocycles. The summed E-state index contributed by atoms with van der Waals surface area (Å²) in [4.78, 5) is 20.4. The van der Waals surface area contributed by atoms with E-state index in [9.17, 15) is 4.79 Å². The van der Waals surface area contributed by atoms with Gasteiger partial charge in [-0.05, 0) is 12.1 Å². The van der Waals surface area contributed by atoms with Crippen molar-refractivity contribution in [1.29, 1.82) is 0 Å². The van der Waals surface area contributed by atoms with Crippen molar-refractivity contribution in [2.24, 2.45) is 5.92 Å². The normalized spacial score (nSPS) is 23.2. The van der Waals surface area contributed by atoms with Gasteiger partial charge in [-0.25, -0.2) is 4.98 Å². The molecule has 0 saturated carbocycles. The minimum Gasteiger partial charge on any atom is -0.378 e. The maximum Gasteiger partial charge on any atom is 0.228 e. The van der Waals surface area contributed by atoms with Gasteiger partial charge in [-0.2, -0.15) is 0 Å². The largest absolute Gasteiger partial charge is 0.378 e. The number of anilines is 2. The van der Waals surface area contributed by atoms with E-state index < -0.39 is 0 Å². The first-order valence-corrected chi connectivity index (χ1v) is 6.99. The Balaban J connectivity index is 1.72. The molecule has 20 heavy (non-hydrogen) atoms. The van der Waals surface area contributed by atoms with Crippen LogP contribution in [0.4, 0.5) is 11.5 Å². The van der Waals surface area contributed by atoms with Gasteiger partial charge in [0.15, 0.2) is 0 Å². The lowest BCUT2D eigenvalue weighted by molar-refractivity contribution is -0.117. The van der Waals surface area contributed by atoms with Crippen LogP contribution in [0.2, 0.25) is 0 Å². The number of ether oxygens (including phenoxy) is 1. The Morgan fingerprint density at radius 1 is 1.35 bits per heavy atom. The summed E-state index contributed by atoms with van der Waals surface area (Å²) in [6, 6.07) is 3.95. The molecule has 0 bridgehead atoms. The van der Waals surface area contributed by atoms with Gasteiger partial charge in [0.05, 0.1) is 25.1 Å². The van der Waals surface area contributed by atoms with Gasteiger partial charge in [-0.15, -0.1) is 6.58 Å². The van der Waals surface area contributed by atoms with Crippen LogP contribution in [0.3, 0.4) is 0 Å². The van der Waals surface area contributed by atoms with Crippen LogP contribution in [-0.2, 0) is 9.53 Å². The summed E-state index contributed by atoms with van der Waals surface area (Å²) in [6.07, 6.45) is 4.23. The molecule has 2 fully saturated rings. The highest BCUT2D eigenvalue weighted by Crippen LogP contribution is 2.25. The van der Waals surface area contributed by atoms with Crippen LogP contribution < -0.4 is 9.80 Å². The zero-order valence-electron chi connectivity index (χ0n) is 11.5. The van der Waals surface area contributed by atoms with E-state index in [-0.39, 0.29) is 11.8 Å². The average molecular weight is 273 g/mol. The van der Waals surface area contributed by atoms with Crippen LogP contribution in [-0.4, -0.2) is 43.7 Å². The molecule has 1 amide bonds. The molecule has 0 N–H and O–H groups in total. The Morgan fingerprint density at radius 3 is 2.75 bits per heavy atom. The lowest BCUT2D eigenvalue weighted by atomic mass is 10.1. The minimum absolute atomic E-state index is 0.126. The first kappa shape index (κ1) is 13.1. The highest BCUT2D eigenvalue weighted by Gasteiger charge is 2.29. The fourth-order valence-corrected chi connectivity index (χ4v) is 2.66. The number of nitrogens with zero attached hydrogens (tertiary/aromatic N) is 3. The van der Waals surface area contributed by atoms with E-state index in [0.717, 1.165) is 37.8 Å². The van der Waals surface area contributed by atoms with Crippen LogP contribution in [0.25, 0.3) is 0 Å². The number of aromatic nitrogens is 1. The molecule has 0 aromatic carbocycles. The summed E-state index contributed by atoms with van der Waals surface area (Å²) < 4.78 is 5.34. The number of hydrogen-bond acceptors (Lipinski definition) is 4. The number of rotatable bonds is 3. The Kier molecular flexibility index (Phi) is 3.69. The van der Waals surface area contributed by atoms with Crippen molar-refractivity contribution in [3.05, 3.63) is 31.0 Å². The summed E-state index contributed by atoms with van der Waals surface area (Å²) in [5.41, 5.74) is 1.09. The fourth-order valence-electron chi connectivity index (χ4n) is 2.66. The second-order valence-electron chi connectivity index (χ2n) is 5.18. The van der Waals surface area contributed by atoms with Crippen LogP contribution in [0.5, 0.6) is 0 Å². The SMILES string of the molecule is C=CC1CC(=O)N(c2ccc(N3CCOCC3)cn2)C1. The predicted molar refractivity (Wildman–Crippen MR) is 77.9 cm³/mol. The molecule has 3 rings (SSSR count). The summed E-state index contributed by atoms with van der Waals surface area (Å²) in [7, 11) is 0. The topological polar surface area (TPSA) is 45.7 Å². The first-order valence-electron chi connectivity index (χ1n) is 6.99. The molecule has 1 atom stereocenters. The third-order valence-corrected chi connectivity index (χ3v) is 3.87. The molecule has 2 saturated heterocycles. The standard InChI is InChI=1S/C15H19N3O2/c1-2-12-9-15(19)18(11-12)14-4-3-13(10-16-14)17-5-7-20-8-6-17/h2-4,10,12H,1,5-9,11H2. The van der Waals surface area contributed by atoms with Crippen LogP contribution in [0.15, 0.2) is 31.0 Å². The Hall–Kier alpha value is -1.88. The summed E-state index contributed by atoms with van der Waals surface area (Å²) >= 11 is 0. The van der Waals surface area contributed by atoms with Gasteiger partial charge in [0.1, 0.15) is 5.82 Å². The molecular formula is C15H19N3O2. The number of carbonyl (C=O) groups excluding carboxylic acids is 1. The van der Waals surface area contributed by atoms with Gasteiger partial charge in [0.25, 0.3) is 0 Å². The van der Waals surface area contributed by atoms with Gasteiger partial charge in [0.2, 0.25) is 5.91 Å². The van der Waals surface area contributed by atoms with Crippen molar-refractivity contribution >= 4 is 17.4 Å². The number of carbonyl (C=O) groups is 1. The van der Waals surface area contributed by atoms with Crippen molar-refractivity contribution in [2.75, 3.05) is 42.6 Å². The molecule has 1 aromatic rings. The number of amides is 1. The first-order chi connectivity index (χ1) is 9.78. The molecule has 0 radical (unpaired) electrons. The fraction of sp³-hybridized carbons (Fsp3) is 0.467. The molecule has 2 aliphatic rings. The van der Waals surface area contributed by atoms with E-state index in [0.29, 0.717) is 13.0 Å². The number of hydrogen-bond donors (Lipinski definition) is 0. The monoisotopic (exact) mass is 273 g/mol. The smallest absolute Gasteiger partial charge is 0.228 e. The Morgan fingerprint density at radius 2 is 2.15 bits per heavy atom. The van der Waals surface area contributed by atoms with Crippen molar-refractivity contribution in [2.45, 2.75) is 6.42 Å². The third kappa shape index (κ3) is 2.54. The van der Waals surface area contributed by atoms with E-state index in [1.807, 2.05) is 24.4 Å². The van der Waals surface area contributed by atoms with Crippen LogP contribution in [0, 0.1) is 5.92 Å². The van der Waals surface area contributed by atoms with E-state index in [1.54, 1.807) is 4.90 Å². The van der Waals surface area contributed by atoms with Crippen molar-refractivity contribution in [1.82, 2.24) is 4.98 Å². The molecule has 1 aromatic heterocycles.